The Kier molecular flexibility index (Phi) is 3.88. The number of rotatable bonds is 3. The van der Waals surface area contributed by atoms with Crippen LogP contribution < -0.4 is 11.2 Å². The minimum atomic E-state index is -0.709. The molecule has 2 heterocycles. The third kappa shape index (κ3) is 2.63. The van der Waals surface area contributed by atoms with Gasteiger partial charge in [-0.15, -0.1) is 0 Å². The number of aliphatic hydroxyl groups excluding tert-OH is 1. The molecule has 0 aromatic carbocycles. The minimum Gasteiger partial charge on any atom is -0.390 e. The van der Waals surface area contributed by atoms with Gasteiger partial charge in [0.05, 0.1) is 12.2 Å². The average Bonchev–Trinajstić information content (AvgIpc) is 2.75. The first-order valence-electron chi connectivity index (χ1n) is 6.12. The van der Waals surface area contributed by atoms with E-state index in [0.29, 0.717) is 5.56 Å². The number of aromatic amines is 1. The first-order valence-corrected chi connectivity index (χ1v) is 6.12. The molecule has 1 fully saturated rings. The molecule has 0 bridgehead atoms. The molecule has 1 aliphatic rings. The first kappa shape index (κ1) is 14.0. The third-order valence-electron chi connectivity index (χ3n) is 3.43. The number of nitrogens with zero attached hydrogens (tertiary/aromatic N) is 1. The Morgan fingerprint density at radius 3 is 2.89 bits per heavy atom. The summed E-state index contributed by atoms with van der Waals surface area (Å²) in [6.45, 7) is 3.40. The van der Waals surface area contributed by atoms with E-state index in [4.69, 9.17) is 9.47 Å². The zero-order valence-corrected chi connectivity index (χ0v) is 11.1. The maximum atomic E-state index is 11.7. The molecule has 0 spiro atoms. The lowest BCUT2D eigenvalue weighted by Crippen LogP contribution is -2.35. The Balaban J connectivity index is 2.28. The highest BCUT2D eigenvalue weighted by atomic mass is 16.6. The van der Waals surface area contributed by atoms with Gasteiger partial charge in [0, 0.05) is 25.3 Å². The lowest BCUT2D eigenvalue weighted by molar-refractivity contribution is -0.0894. The summed E-state index contributed by atoms with van der Waals surface area (Å²) in [6.07, 6.45) is -0.351. The number of aliphatic hydroxyl groups is 1. The molecule has 0 saturated carbocycles. The van der Waals surface area contributed by atoms with Crippen LogP contribution in [0.1, 0.15) is 25.1 Å². The van der Waals surface area contributed by atoms with Crippen LogP contribution in [0, 0.1) is 6.92 Å². The van der Waals surface area contributed by atoms with Gasteiger partial charge in [-0.05, 0) is 13.8 Å². The van der Waals surface area contributed by atoms with Gasteiger partial charge in [0.2, 0.25) is 0 Å². The van der Waals surface area contributed by atoms with Crippen molar-refractivity contribution in [1.82, 2.24) is 9.55 Å². The molecule has 1 aliphatic heterocycles. The van der Waals surface area contributed by atoms with Crippen LogP contribution in [0.15, 0.2) is 15.8 Å². The fraction of sp³-hybridized carbons (Fsp3) is 0.667. The van der Waals surface area contributed by atoms with Gasteiger partial charge in [0.1, 0.15) is 12.3 Å². The predicted octanol–water partition coefficient (Wildman–Crippen LogP) is -0.472. The van der Waals surface area contributed by atoms with E-state index in [9.17, 15) is 14.7 Å². The number of hydrogen-bond acceptors (Lipinski definition) is 5. The maximum Gasteiger partial charge on any atom is 0.330 e. The van der Waals surface area contributed by atoms with Gasteiger partial charge < -0.3 is 14.6 Å². The molecular weight excluding hydrogens is 252 g/mol. The number of hydrogen-bond donors (Lipinski definition) is 2. The van der Waals surface area contributed by atoms with Gasteiger partial charge >= 0.3 is 5.69 Å². The highest BCUT2D eigenvalue weighted by molar-refractivity contribution is 5.02. The van der Waals surface area contributed by atoms with E-state index in [1.54, 1.807) is 13.8 Å². The summed E-state index contributed by atoms with van der Waals surface area (Å²) in [6, 6.07) is 0. The Bertz CT molecular complexity index is 564. The Morgan fingerprint density at radius 2 is 2.26 bits per heavy atom. The van der Waals surface area contributed by atoms with Crippen molar-refractivity contribution in [2.24, 2.45) is 0 Å². The second-order valence-electron chi connectivity index (χ2n) is 4.78. The summed E-state index contributed by atoms with van der Waals surface area (Å²) in [4.78, 5) is 25.3. The van der Waals surface area contributed by atoms with Crippen LogP contribution in [0.3, 0.4) is 0 Å². The zero-order valence-electron chi connectivity index (χ0n) is 11.1. The van der Waals surface area contributed by atoms with E-state index in [1.165, 1.54) is 17.9 Å². The van der Waals surface area contributed by atoms with Crippen LogP contribution in [0.5, 0.6) is 0 Å². The molecule has 7 heteroatoms. The summed E-state index contributed by atoms with van der Waals surface area (Å²) in [5, 5.41) is 9.94. The number of methoxy groups -OCH3 is 1. The van der Waals surface area contributed by atoms with Crippen molar-refractivity contribution >= 4 is 0 Å². The first-order chi connectivity index (χ1) is 8.93. The topological polar surface area (TPSA) is 93.5 Å². The van der Waals surface area contributed by atoms with E-state index in [-0.39, 0.29) is 12.5 Å². The van der Waals surface area contributed by atoms with Crippen LogP contribution in [0.25, 0.3) is 0 Å². The second-order valence-corrected chi connectivity index (χ2v) is 4.78. The lowest BCUT2D eigenvalue weighted by Gasteiger charge is -2.21. The molecule has 2 N–H and O–H groups in total. The van der Waals surface area contributed by atoms with Crippen LogP contribution >= 0.6 is 0 Å². The van der Waals surface area contributed by atoms with Gasteiger partial charge in [-0.2, -0.15) is 0 Å². The zero-order chi connectivity index (χ0) is 14.2. The summed E-state index contributed by atoms with van der Waals surface area (Å²) in [5.74, 6) is 0. The highest BCUT2D eigenvalue weighted by Crippen LogP contribution is 2.30. The minimum absolute atomic E-state index is 0.278. The third-order valence-corrected chi connectivity index (χ3v) is 3.43. The molecule has 106 valence electrons. The standard InChI is InChI=1S/C12H18N2O5/c1-6-5-14(12(17)13-11(6)16)9-4-8(15)10(19-9)7(2)18-3/h5,7-10,15H,4H2,1-3H3,(H,13,16,17)/t7?,8-,9+,10+/m0/s1. The summed E-state index contributed by atoms with van der Waals surface area (Å²) < 4.78 is 12.1. The van der Waals surface area contributed by atoms with Crippen molar-refractivity contribution in [2.45, 2.75) is 44.8 Å². The number of nitrogens with one attached hydrogen (secondary N) is 1. The molecular formula is C12H18N2O5. The maximum absolute atomic E-state index is 11.7. The van der Waals surface area contributed by atoms with E-state index < -0.39 is 29.7 Å². The van der Waals surface area contributed by atoms with Crippen LogP contribution in [0.2, 0.25) is 0 Å². The van der Waals surface area contributed by atoms with Gasteiger partial charge in [0.25, 0.3) is 5.56 Å². The summed E-state index contributed by atoms with van der Waals surface area (Å²) in [7, 11) is 1.53. The number of aryl methyl sites for hydroxylation is 1. The molecule has 1 aromatic rings. The van der Waals surface area contributed by atoms with Gasteiger partial charge in [-0.1, -0.05) is 0 Å². The summed E-state index contributed by atoms with van der Waals surface area (Å²) in [5.41, 5.74) is -0.541. The number of aromatic nitrogens is 2. The van der Waals surface area contributed by atoms with Crippen molar-refractivity contribution in [3.8, 4) is 0 Å². The summed E-state index contributed by atoms with van der Waals surface area (Å²) >= 11 is 0. The molecule has 2 rings (SSSR count). The molecule has 0 radical (unpaired) electrons. The molecule has 1 aromatic heterocycles. The van der Waals surface area contributed by atoms with Crippen molar-refractivity contribution in [1.29, 1.82) is 0 Å². The molecule has 1 saturated heterocycles. The largest absolute Gasteiger partial charge is 0.390 e. The van der Waals surface area contributed by atoms with Crippen LogP contribution in [-0.4, -0.2) is 40.1 Å². The Hall–Kier alpha value is -1.44. The molecule has 0 amide bonds. The van der Waals surface area contributed by atoms with Gasteiger partial charge in [-0.3, -0.25) is 14.3 Å². The monoisotopic (exact) mass is 270 g/mol. The van der Waals surface area contributed by atoms with E-state index in [0.717, 1.165) is 0 Å². The fourth-order valence-corrected chi connectivity index (χ4v) is 2.21. The van der Waals surface area contributed by atoms with Gasteiger partial charge in [-0.25, -0.2) is 4.79 Å². The molecule has 4 atom stereocenters. The van der Waals surface area contributed by atoms with Crippen LogP contribution in [-0.2, 0) is 9.47 Å². The van der Waals surface area contributed by atoms with Crippen molar-refractivity contribution < 1.29 is 14.6 Å². The highest BCUT2D eigenvalue weighted by Gasteiger charge is 2.38. The predicted molar refractivity (Wildman–Crippen MR) is 67.1 cm³/mol. The van der Waals surface area contributed by atoms with E-state index >= 15 is 0 Å². The van der Waals surface area contributed by atoms with E-state index in [2.05, 4.69) is 4.98 Å². The second kappa shape index (κ2) is 5.28. The molecule has 0 aliphatic carbocycles. The van der Waals surface area contributed by atoms with Crippen molar-refractivity contribution in [2.75, 3.05) is 7.11 Å². The van der Waals surface area contributed by atoms with Crippen molar-refractivity contribution in [3.05, 3.63) is 32.6 Å². The lowest BCUT2D eigenvalue weighted by atomic mass is 10.1. The SMILES string of the molecule is COC(C)[C@H]1O[C@@H](n2cc(C)c(=O)[nH]c2=O)C[C@@H]1O. The van der Waals surface area contributed by atoms with E-state index in [1.807, 2.05) is 0 Å². The Labute approximate surface area is 109 Å². The number of H-pyrrole nitrogens is 1. The average molecular weight is 270 g/mol. The Morgan fingerprint density at radius 1 is 1.58 bits per heavy atom. The smallest absolute Gasteiger partial charge is 0.330 e. The molecule has 1 unspecified atom stereocenters. The normalized spacial score (nSPS) is 28.5. The fourth-order valence-electron chi connectivity index (χ4n) is 2.21. The number of ether oxygens (including phenoxy) is 2. The molecule has 19 heavy (non-hydrogen) atoms. The van der Waals surface area contributed by atoms with Gasteiger partial charge in [0.15, 0.2) is 0 Å². The van der Waals surface area contributed by atoms with Crippen LogP contribution in [0.4, 0.5) is 0 Å². The van der Waals surface area contributed by atoms with Crippen molar-refractivity contribution in [3.63, 3.8) is 0 Å². The quantitative estimate of drug-likeness (QED) is 0.774. The molecule has 7 nitrogen and oxygen atoms in total.